The molecule has 0 saturated heterocycles. The number of aromatic nitrogens is 5. The van der Waals surface area contributed by atoms with Gasteiger partial charge >= 0.3 is 5.69 Å². The summed E-state index contributed by atoms with van der Waals surface area (Å²) in [4.78, 5) is 16.5. The van der Waals surface area contributed by atoms with E-state index in [0.29, 0.717) is 11.4 Å². The SMILES string of the molecule is Cc1cccc(-n2nnn(C)c2=O)c1COc1cncc(-c2ccc(F)cc2)c1. The van der Waals surface area contributed by atoms with Gasteiger partial charge in [-0.05, 0) is 52.7 Å². The van der Waals surface area contributed by atoms with E-state index in [1.165, 1.54) is 21.5 Å². The Morgan fingerprint density at radius 2 is 1.83 bits per heavy atom. The van der Waals surface area contributed by atoms with Crippen molar-refractivity contribution in [2.75, 3.05) is 0 Å². The third kappa shape index (κ3) is 3.77. The van der Waals surface area contributed by atoms with E-state index in [1.807, 2.05) is 25.1 Å². The van der Waals surface area contributed by atoms with E-state index in [0.717, 1.165) is 22.3 Å². The molecule has 7 nitrogen and oxygen atoms in total. The zero-order valence-electron chi connectivity index (χ0n) is 15.9. The van der Waals surface area contributed by atoms with Crippen molar-refractivity contribution < 1.29 is 9.13 Å². The van der Waals surface area contributed by atoms with Crippen molar-refractivity contribution in [2.45, 2.75) is 13.5 Å². The summed E-state index contributed by atoms with van der Waals surface area (Å²) in [6.45, 7) is 2.16. The molecule has 0 N–H and O–H groups in total. The van der Waals surface area contributed by atoms with Crippen molar-refractivity contribution in [3.63, 3.8) is 0 Å². The number of benzene rings is 2. The van der Waals surface area contributed by atoms with Gasteiger partial charge in [0.1, 0.15) is 18.2 Å². The topological polar surface area (TPSA) is 74.8 Å². The number of aryl methyl sites for hydroxylation is 2. The first-order valence-electron chi connectivity index (χ1n) is 8.94. The first-order chi connectivity index (χ1) is 14.0. The second kappa shape index (κ2) is 7.67. The molecule has 0 unspecified atom stereocenters. The summed E-state index contributed by atoms with van der Waals surface area (Å²) in [6.07, 6.45) is 3.30. The third-order valence-electron chi connectivity index (χ3n) is 4.61. The molecule has 0 aliphatic rings. The average molecular weight is 391 g/mol. The molecule has 2 heterocycles. The molecule has 2 aromatic heterocycles. The molecule has 0 fully saturated rings. The molecule has 4 aromatic rings. The van der Waals surface area contributed by atoms with Gasteiger partial charge < -0.3 is 4.74 Å². The zero-order valence-corrected chi connectivity index (χ0v) is 15.9. The molecular weight excluding hydrogens is 373 g/mol. The van der Waals surface area contributed by atoms with Crippen LogP contribution >= 0.6 is 0 Å². The smallest absolute Gasteiger partial charge is 0.368 e. The quantitative estimate of drug-likeness (QED) is 0.523. The maximum atomic E-state index is 13.2. The lowest BCUT2D eigenvalue weighted by molar-refractivity contribution is 0.303. The molecule has 0 spiro atoms. The van der Waals surface area contributed by atoms with E-state index < -0.39 is 0 Å². The Hall–Kier alpha value is -3.81. The second-order valence-electron chi connectivity index (χ2n) is 6.57. The average Bonchev–Trinajstić information content (AvgIpc) is 3.06. The van der Waals surface area contributed by atoms with Gasteiger partial charge in [0, 0.05) is 24.4 Å². The summed E-state index contributed by atoms with van der Waals surface area (Å²) in [7, 11) is 1.55. The molecule has 0 aliphatic heterocycles. The standard InChI is InChI=1S/C21H18FN5O2/c1-14-4-3-5-20(27-21(28)26(2)24-25-27)19(14)13-29-18-10-16(11-23-12-18)15-6-8-17(22)9-7-15/h3-12H,13H2,1-2H3. The number of hydrogen-bond donors (Lipinski definition) is 0. The Bertz CT molecular complexity index is 1210. The van der Waals surface area contributed by atoms with E-state index in [2.05, 4.69) is 15.4 Å². The Kier molecular flexibility index (Phi) is 4.90. The highest BCUT2D eigenvalue weighted by Crippen LogP contribution is 2.25. The van der Waals surface area contributed by atoms with Crippen LogP contribution in [0.3, 0.4) is 0 Å². The lowest BCUT2D eigenvalue weighted by Crippen LogP contribution is -2.23. The van der Waals surface area contributed by atoms with Gasteiger partial charge in [0.15, 0.2) is 0 Å². The third-order valence-corrected chi connectivity index (χ3v) is 4.61. The molecule has 29 heavy (non-hydrogen) atoms. The van der Waals surface area contributed by atoms with Gasteiger partial charge in [-0.2, -0.15) is 9.36 Å². The van der Waals surface area contributed by atoms with Gasteiger partial charge in [-0.15, -0.1) is 0 Å². The van der Waals surface area contributed by atoms with Gasteiger partial charge in [-0.25, -0.2) is 9.18 Å². The fraction of sp³-hybridized carbons (Fsp3) is 0.143. The van der Waals surface area contributed by atoms with Gasteiger partial charge in [0.05, 0.1) is 11.9 Å². The van der Waals surface area contributed by atoms with E-state index in [9.17, 15) is 9.18 Å². The van der Waals surface area contributed by atoms with Gasteiger partial charge in [0.2, 0.25) is 0 Å². The predicted molar refractivity (Wildman–Crippen MR) is 105 cm³/mol. The van der Waals surface area contributed by atoms with Crippen molar-refractivity contribution in [1.82, 2.24) is 24.8 Å². The van der Waals surface area contributed by atoms with Crippen LogP contribution in [0.4, 0.5) is 4.39 Å². The molecule has 0 amide bonds. The first-order valence-corrected chi connectivity index (χ1v) is 8.94. The van der Waals surface area contributed by atoms with Crippen LogP contribution in [0, 0.1) is 12.7 Å². The highest BCUT2D eigenvalue weighted by atomic mass is 19.1. The molecule has 2 aromatic carbocycles. The van der Waals surface area contributed by atoms with E-state index in [1.54, 1.807) is 37.6 Å². The van der Waals surface area contributed by atoms with Crippen molar-refractivity contribution >= 4 is 0 Å². The van der Waals surface area contributed by atoms with E-state index in [4.69, 9.17) is 4.74 Å². The Labute approximate surface area is 166 Å². The van der Waals surface area contributed by atoms with Crippen molar-refractivity contribution in [1.29, 1.82) is 0 Å². The van der Waals surface area contributed by atoms with E-state index >= 15 is 0 Å². The van der Waals surface area contributed by atoms with Crippen molar-refractivity contribution in [3.8, 4) is 22.6 Å². The minimum absolute atomic E-state index is 0.222. The van der Waals surface area contributed by atoms with Crippen molar-refractivity contribution in [3.05, 3.63) is 88.4 Å². The highest BCUT2D eigenvalue weighted by Gasteiger charge is 2.14. The minimum atomic E-state index is -0.336. The minimum Gasteiger partial charge on any atom is -0.487 e. The van der Waals surface area contributed by atoms with Crippen LogP contribution in [0.15, 0.2) is 65.7 Å². The summed E-state index contributed by atoms with van der Waals surface area (Å²) in [5, 5.41) is 7.69. The molecule has 4 rings (SSSR count). The molecule has 146 valence electrons. The van der Waals surface area contributed by atoms with Gasteiger partial charge in [-0.1, -0.05) is 24.3 Å². The first kappa shape index (κ1) is 18.5. The zero-order chi connectivity index (χ0) is 20.4. The molecule has 0 atom stereocenters. The number of tetrazole rings is 1. The predicted octanol–water partition coefficient (Wildman–Crippen LogP) is 3.05. The fourth-order valence-corrected chi connectivity index (χ4v) is 2.99. The van der Waals surface area contributed by atoms with Gasteiger partial charge in [-0.3, -0.25) is 4.98 Å². The maximum Gasteiger partial charge on any atom is 0.368 e. The number of nitrogens with zero attached hydrogens (tertiary/aromatic N) is 5. The van der Waals surface area contributed by atoms with Crippen LogP contribution in [0.1, 0.15) is 11.1 Å². The molecule has 0 radical (unpaired) electrons. The maximum absolute atomic E-state index is 13.2. The summed E-state index contributed by atoms with van der Waals surface area (Å²) < 4.78 is 21.5. The summed E-state index contributed by atoms with van der Waals surface area (Å²) in [5.41, 5.74) is 3.72. The molecule has 0 bridgehead atoms. The number of rotatable bonds is 5. The Morgan fingerprint density at radius 3 is 2.55 bits per heavy atom. The Balaban J connectivity index is 1.62. The highest BCUT2D eigenvalue weighted by molar-refractivity contribution is 5.63. The molecule has 0 saturated carbocycles. The number of hydrogen-bond acceptors (Lipinski definition) is 5. The Morgan fingerprint density at radius 1 is 1.03 bits per heavy atom. The lowest BCUT2D eigenvalue weighted by Gasteiger charge is -2.13. The van der Waals surface area contributed by atoms with Gasteiger partial charge in [0.25, 0.3) is 0 Å². The molecule has 0 aliphatic carbocycles. The number of ether oxygens (including phenoxy) is 1. The van der Waals surface area contributed by atoms with Crippen LogP contribution in [0.5, 0.6) is 5.75 Å². The monoisotopic (exact) mass is 391 g/mol. The van der Waals surface area contributed by atoms with Crippen LogP contribution < -0.4 is 10.4 Å². The summed E-state index contributed by atoms with van der Waals surface area (Å²) in [5.74, 6) is 0.271. The molecule has 8 heteroatoms. The summed E-state index contributed by atoms with van der Waals surface area (Å²) >= 11 is 0. The van der Waals surface area contributed by atoms with Crippen LogP contribution in [-0.4, -0.2) is 24.8 Å². The summed E-state index contributed by atoms with van der Waals surface area (Å²) in [6, 6.07) is 13.6. The van der Waals surface area contributed by atoms with Crippen LogP contribution in [0.2, 0.25) is 0 Å². The fourth-order valence-electron chi connectivity index (χ4n) is 2.99. The van der Waals surface area contributed by atoms with Crippen molar-refractivity contribution in [2.24, 2.45) is 7.05 Å². The normalized spacial score (nSPS) is 10.9. The lowest BCUT2D eigenvalue weighted by atomic mass is 10.1. The largest absolute Gasteiger partial charge is 0.487 e. The van der Waals surface area contributed by atoms with E-state index in [-0.39, 0.29) is 18.1 Å². The van der Waals surface area contributed by atoms with Crippen LogP contribution in [0.25, 0.3) is 16.8 Å². The molecular formula is C21H18FN5O2. The van der Waals surface area contributed by atoms with Crippen LogP contribution in [-0.2, 0) is 13.7 Å². The number of pyridine rings is 1. The second-order valence-corrected chi connectivity index (χ2v) is 6.57. The number of halogens is 1.